The van der Waals surface area contributed by atoms with Gasteiger partial charge in [0.05, 0.1) is 6.33 Å². The fourth-order valence-electron chi connectivity index (χ4n) is 2.28. The number of carbonyl (C=O) groups excluding carboxylic acids is 1. The van der Waals surface area contributed by atoms with E-state index in [9.17, 15) is 9.59 Å². The maximum atomic E-state index is 11.6. The number of rotatable bonds is 4. The third kappa shape index (κ3) is 4.08. The summed E-state index contributed by atoms with van der Waals surface area (Å²) in [5.41, 5.74) is 0.610. The average Bonchev–Trinajstić information content (AvgIpc) is 2.84. The zero-order chi connectivity index (χ0) is 13.7. The monoisotopic (exact) mass is 264 g/mol. The van der Waals surface area contributed by atoms with Gasteiger partial charge >= 0.3 is 6.03 Å². The lowest BCUT2D eigenvalue weighted by Gasteiger charge is -2.13. The second-order valence-corrected chi connectivity index (χ2v) is 4.94. The van der Waals surface area contributed by atoms with E-state index in [1.165, 1.54) is 29.8 Å². The van der Waals surface area contributed by atoms with Crippen molar-refractivity contribution in [2.75, 3.05) is 6.54 Å². The third-order valence-corrected chi connectivity index (χ3v) is 3.34. The van der Waals surface area contributed by atoms with Crippen LogP contribution in [0.4, 0.5) is 4.79 Å². The van der Waals surface area contributed by atoms with Crippen molar-refractivity contribution < 1.29 is 4.79 Å². The molecule has 0 saturated heterocycles. The van der Waals surface area contributed by atoms with E-state index in [1.54, 1.807) is 6.92 Å². The Morgan fingerprint density at radius 3 is 2.89 bits per heavy atom. The summed E-state index contributed by atoms with van der Waals surface area (Å²) < 4.78 is 1.49. The van der Waals surface area contributed by atoms with Crippen molar-refractivity contribution in [3.8, 4) is 0 Å². The lowest BCUT2D eigenvalue weighted by Crippen LogP contribution is -2.42. The minimum absolute atomic E-state index is 0.0921. The van der Waals surface area contributed by atoms with Gasteiger partial charge < -0.3 is 10.6 Å². The van der Waals surface area contributed by atoms with Crippen molar-refractivity contribution >= 4 is 6.03 Å². The Bertz CT molecular complexity index is 492. The van der Waals surface area contributed by atoms with Crippen LogP contribution >= 0.6 is 0 Å². The van der Waals surface area contributed by atoms with Crippen LogP contribution in [-0.4, -0.2) is 28.2 Å². The molecule has 1 aliphatic carbocycles. The van der Waals surface area contributed by atoms with Gasteiger partial charge in [-0.15, -0.1) is 0 Å². The number of nitrogens with zero attached hydrogens (tertiary/aromatic N) is 2. The summed E-state index contributed by atoms with van der Waals surface area (Å²) >= 11 is 0. The number of nitrogens with one attached hydrogen (secondary N) is 2. The molecule has 2 N–H and O–H groups in total. The van der Waals surface area contributed by atoms with E-state index < -0.39 is 0 Å². The van der Waals surface area contributed by atoms with Gasteiger partial charge in [0, 0.05) is 30.9 Å². The molecule has 0 aromatic carbocycles. The normalized spacial score (nSPS) is 15.4. The van der Waals surface area contributed by atoms with Gasteiger partial charge in [0.25, 0.3) is 5.56 Å². The van der Waals surface area contributed by atoms with Crippen molar-refractivity contribution in [1.29, 1.82) is 0 Å². The van der Waals surface area contributed by atoms with Crippen LogP contribution in [0.2, 0.25) is 0 Å². The molecule has 0 aliphatic heterocycles. The zero-order valence-corrected chi connectivity index (χ0v) is 11.2. The topological polar surface area (TPSA) is 76.0 Å². The van der Waals surface area contributed by atoms with Crippen LogP contribution in [0.25, 0.3) is 0 Å². The second-order valence-electron chi connectivity index (χ2n) is 4.94. The van der Waals surface area contributed by atoms with E-state index >= 15 is 0 Å². The van der Waals surface area contributed by atoms with Crippen LogP contribution in [0, 0.1) is 6.92 Å². The van der Waals surface area contributed by atoms with Gasteiger partial charge in [-0.25, -0.2) is 9.78 Å². The van der Waals surface area contributed by atoms with Gasteiger partial charge in [0.15, 0.2) is 0 Å². The van der Waals surface area contributed by atoms with E-state index in [4.69, 9.17) is 0 Å². The maximum absolute atomic E-state index is 11.6. The lowest BCUT2D eigenvalue weighted by atomic mass is 10.2. The van der Waals surface area contributed by atoms with Crippen molar-refractivity contribution in [2.24, 2.45) is 0 Å². The predicted octanol–water partition coefficient (Wildman–Crippen LogP) is 0.794. The molecule has 1 aliphatic rings. The first-order chi connectivity index (χ1) is 9.15. The molecule has 1 saturated carbocycles. The molecule has 6 heteroatoms. The van der Waals surface area contributed by atoms with Crippen LogP contribution in [0.1, 0.15) is 31.4 Å². The first-order valence-corrected chi connectivity index (χ1v) is 6.72. The Morgan fingerprint density at radius 1 is 1.47 bits per heavy atom. The predicted molar refractivity (Wildman–Crippen MR) is 72.0 cm³/mol. The minimum atomic E-state index is -0.153. The molecule has 1 aromatic heterocycles. The fourth-order valence-corrected chi connectivity index (χ4v) is 2.28. The largest absolute Gasteiger partial charge is 0.336 e. The van der Waals surface area contributed by atoms with Crippen molar-refractivity contribution in [2.45, 2.75) is 45.2 Å². The summed E-state index contributed by atoms with van der Waals surface area (Å²) in [5.74, 6) is 0. The van der Waals surface area contributed by atoms with Crippen molar-refractivity contribution in [3.63, 3.8) is 0 Å². The van der Waals surface area contributed by atoms with Gasteiger partial charge in [0.1, 0.15) is 0 Å². The summed E-state index contributed by atoms with van der Waals surface area (Å²) in [6, 6.07) is 1.64. The molecule has 1 fully saturated rings. The van der Waals surface area contributed by atoms with Crippen LogP contribution in [0.5, 0.6) is 0 Å². The Balaban J connectivity index is 1.73. The van der Waals surface area contributed by atoms with Gasteiger partial charge in [-0.05, 0) is 19.8 Å². The highest BCUT2D eigenvalue weighted by Gasteiger charge is 2.16. The number of carbonyl (C=O) groups is 1. The SMILES string of the molecule is Cc1cc(=O)n(CCNC(=O)NC2CCCC2)cn1. The third-order valence-electron chi connectivity index (χ3n) is 3.34. The number of hydrogen-bond acceptors (Lipinski definition) is 3. The quantitative estimate of drug-likeness (QED) is 0.844. The van der Waals surface area contributed by atoms with Crippen LogP contribution in [0.15, 0.2) is 17.2 Å². The molecule has 1 heterocycles. The number of aromatic nitrogens is 2. The van der Waals surface area contributed by atoms with Crippen LogP contribution < -0.4 is 16.2 Å². The molecule has 2 amide bonds. The number of urea groups is 1. The van der Waals surface area contributed by atoms with E-state index in [0.29, 0.717) is 24.8 Å². The Hall–Kier alpha value is -1.85. The molecule has 0 atom stereocenters. The molecule has 104 valence electrons. The Morgan fingerprint density at radius 2 is 2.21 bits per heavy atom. The Kier molecular flexibility index (Phi) is 4.54. The molecule has 19 heavy (non-hydrogen) atoms. The van der Waals surface area contributed by atoms with E-state index in [1.807, 2.05) is 0 Å². The fraction of sp³-hybridized carbons (Fsp3) is 0.615. The summed E-state index contributed by atoms with van der Waals surface area (Å²) in [6.07, 6.45) is 6.02. The smallest absolute Gasteiger partial charge is 0.315 e. The number of hydrogen-bond donors (Lipinski definition) is 2. The van der Waals surface area contributed by atoms with Gasteiger partial charge in [-0.1, -0.05) is 12.8 Å². The van der Waals surface area contributed by atoms with Crippen LogP contribution in [0.3, 0.4) is 0 Å². The standard InChI is InChI=1S/C13H20N4O2/c1-10-8-12(18)17(9-15-10)7-6-14-13(19)16-11-4-2-3-5-11/h8-9,11H,2-7H2,1H3,(H2,14,16,19). The maximum Gasteiger partial charge on any atom is 0.315 e. The molecule has 2 rings (SSSR count). The zero-order valence-electron chi connectivity index (χ0n) is 11.2. The molecule has 0 bridgehead atoms. The molecular weight excluding hydrogens is 244 g/mol. The highest BCUT2D eigenvalue weighted by Crippen LogP contribution is 2.17. The summed E-state index contributed by atoms with van der Waals surface area (Å²) in [4.78, 5) is 27.2. The van der Waals surface area contributed by atoms with E-state index in [0.717, 1.165) is 12.8 Å². The minimum Gasteiger partial charge on any atom is -0.336 e. The van der Waals surface area contributed by atoms with Crippen molar-refractivity contribution in [3.05, 3.63) is 28.4 Å². The average molecular weight is 264 g/mol. The van der Waals surface area contributed by atoms with Gasteiger partial charge in [-0.3, -0.25) is 9.36 Å². The number of amides is 2. The summed E-state index contributed by atoms with van der Waals surface area (Å²) in [6.45, 7) is 2.63. The molecule has 0 spiro atoms. The van der Waals surface area contributed by atoms with Gasteiger partial charge in [-0.2, -0.15) is 0 Å². The Labute approximate surface area is 112 Å². The summed E-state index contributed by atoms with van der Waals surface area (Å²) in [5, 5.41) is 5.70. The molecule has 1 aromatic rings. The molecule has 0 unspecified atom stereocenters. The summed E-state index contributed by atoms with van der Waals surface area (Å²) in [7, 11) is 0. The molecule has 6 nitrogen and oxygen atoms in total. The highest BCUT2D eigenvalue weighted by molar-refractivity contribution is 5.74. The van der Waals surface area contributed by atoms with Crippen molar-refractivity contribution in [1.82, 2.24) is 20.2 Å². The van der Waals surface area contributed by atoms with E-state index in [-0.39, 0.29) is 11.6 Å². The first-order valence-electron chi connectivity index (χ1n) is 6.72. The number of aryl methyl sites for hydroxylation is 1. The van der Waals surface area contributed by atoms with E-state index in [2.05, 4.69) is 15.6 Å². The first kappa shape index (κ1) is 13.6. The molecular formula is C13H20N4O2. The highest BCUT2D eigenvalue weighted by atomic mass is 16.2. The van der Waals surface area contributed by atoms with Gasteiger partial charge in [0.2, 0.25) is 0 Å². The van der Waals surface area contributed by atoms with Crippen LogP contribution in [-0.2, 0) is 6.54 Å². The molecule has 0 radical (unpaired) electrons. The lowest BCUT2D eigenvalue weighted by molar-refractivity contribution is 0.236. The second kappa shape index (κ2) is 6.36.